The molecule has 0 fully saturated rings. The van der Waals surface area contributed by atoms with Crippen molar-refractivity contribution >= 4 is 11.7 Å². The second kappa shape index (κ2) is 4.99. The van der Waals surface area contributed by atoms with Gasteiger partial charge in [0, 0.05) is 5.41 Å². The number of nitrogens with zero attached hydrogens (tertiary/aromatic N) is 1. The van der Waals surface area contributed by atoms with Gasteiger partial charge in [0.25, 0.3) is 0 Å². The van der Waals surface area contributed by atoms with E-state index in [-0.39, 0.29) is 11.8 Å². The van der Waals surface area contributed by atoms with E-state index in [1.165, 1.54) is 0 Å². The summed E-state index contributed by atoms with van der Waals surface area (Å²) < 4.78 is 0. The smallest absolute Gasteiger partial charge is 0.307 e. The first-order valence-electron chi connectivity index (χ1n) is 5.38. The number of oxime groups is 1. The molecule has 0 atom stereocenters. The van der Waals surface area contributed by atoms with Gasteiger partial charge in [0.05, 0.1) is 12.1 Å². The molecule has 4 nitrogen and oxygen atoms in total. The Hall–Kier alpha value is -1.84. The normalized spacial score (nSPS) is 12.5. The molecule has 4 heteroatoms. The van der Waals surface area contributed by atoms with Crippen LogP contribution >= 0.6 is 0 Å². The van der Waals surface area contributed by atoms with Crippen molar-refractivity contribution in [1.82, 2.24) is 0 Å². The second-order valence-corrected chi connectivity index (χ2v) is 4.97. The Bertz CT molecular complexity index is 427. The van der Waals surface area contributed by atoms with Crippen molar-refractivity contribution in [2.75, 3.05) is 0 Å². The van der Waals surface area contributed by atoms with E-state index in [1.807, 2.05) is 20.8 Å². The number of rotatable bonds is 3. The molecule has 0 saturated carbocycles. The van der Waals surface area contributed by atoms with Gasteiger partial charge in [-0.05, 0) is 11.1 Å². The van der Waals surface area contributed by atoms with E-state index < -0.39 is 5.97 Å². The van der Waals surface area contributed by atoms with Crippen LogP contribution in [0.5, 0.6) is 0 Å². The van der Waals surface area contributed by atoms with Gasteiger partial charge in [-0.25, -0.2) is 0 Å². The van der Waals surface area contributed by atoms with E-state index in [2.05, 4.69) is 5.16 Å². The molecule has 1 aromatic carbocycles. The van der Waals surface area contributed by atoms with Crippen molar-refractivity contribution in [3.05, 3.63) is 35.4 Å². The first kappa shape index (κ1) is 13.2. The topological polar surface area (TPSA) is 69.9 Å². The Balaban J connectivity index is 2.98. The molecule has 0 bridgehead atoms. The van der Waals surface area contributed by atoms with Gasteiger partial charge >= 0.3 is 5.97 Å². The molecule has 0 radical (unpaired) electrons. The van der Waals surface area contributed by atoms with E-state index in [0.29, 0.717) is 5.71 Å². The molecule has 0 unspecified atom stereocenters. The maximum atomic E-state index is 10.5. The molecule has 17 heavy (non-hydrogen) atoms. The fourth-order valence-corrected chi connectivity index (χ4v) is 1.60. The van der Waals surface area contributed by atoms with Gasteiger partial charge in [-0.3, -0.25) is 4.79 Å². The van der Waals surface area contributed by atoms with E-state index in [4.69, 9.17) is 10.3 Å². The van der Waals surface area contributed by atoms with Crippen LogP contribution in [0.3, 0.4) is 0 Å². The quantitative estimate of drug-likeness (QED) is 0.480. The van der Waals surface area contributed by atoms with Crippen LogP contribution in [-0.4, -0.2) is 22.0 Å². The zero-order valence-electron chi connectivity index (χ0n) is 10.3. The van der Waals surface area contributed by atoms with Crippen LogP contribution in [0.2, 0.25) is 0 Å². The molecule has 0 aliphatic rings. The lowest BCUT2D eigenvalue weighted by molar-refractivity contribution is -0.136. The largest absolute Gasteiger partial charge is 0.481 e. The number of benzene rings is 1. The van der Waals surface area contributed by atoms with Crippen molar-refractivity contribution in [3.63, 3.8) is 0 Å². The van der Waals surface area contributed by atoms with E-state index >= 15 is 0 Å². The maximum Gasteiger partial charge on any atom is 0.307 e. The minimum atomic E-state index is -0.857. The Morgan fingerprint density at radius 1 is 1.24 bits per heavy atom. The van der Waals surface area contributed by atoms with Gasteiger partial charge in [0.15, 0.2) is 0 Å². The summed E-state index contributed by atoms with van der Waals surface area (Å²) in [5, 5.41) is 21.0. The number of carboxylic acids is 1. The standard InChI is InChI=1S/C13H17NO3/c1-13(2,3)12(14-17)10-6-4-9(5-7-10)8-11(15)16/h4-7,17H,8H2,1-3H3,(H,15,16)/b14-12+. The van der Waals surface area contributed by atoms with Crippen LogP contribution in [0.25, 0.3) is 0 Å². The summed E-state index contributed by atoms with van der Waals surface area (Å²) in [7, 11) is 0. The second-order valence-electron chi connectivity index (χ2n) is 4.97. The Labute approximate surface area is 101 Å². The monoisotopic (exact) mass is 235 g/mol. The molecule has 0 heterocycles. The van der Waals surface area contributed by atoms with Gasteiger partial charge in [0.1, 0.15) is 0 Å². The summed E-state index contributed by atoms with van der Waals surface area (Å²) in [5.41, 5.74) is 1.85. The predicted molar refractivity (Wildman–Crippen MR) is 65.6 cm³/mol. The molecule has 0 spiro atoms. The van der Waals surface area contributed by atoms with Crippen LogP contribution in [-0.2, 0) is 11.2 Å². The molecule has 0 amide bonds. The summed E-state index contributed by atoms with van der Waals surface area (Å²) in [6.07, 6.45) is 0.00139. The fourth-order valence-electron chi connectivity index (χ4n) is 1.60. The average molecular weight is 235 g/mol. The molecular weight excluding hydrogens is 218 g/mol. The highest BCUT2D eigenvalue weighted by Gasteiger charge is 2.21. The summed E-state index contributed by atoms with van der Waals surface area (Å²) in [4.78, 5) is 10.5. The van der Waals surface area contributed by atoms with Gasteiger partial charge in [-0.15, -0.1) is 0 Å². The van der Waals surface area contributed by atoms with Crippen LogP contribution < -0.4 is 0 Å². The zero-order chi connectivity index (χ0) is 13.1. The van der Waals surface area contributed by atoms with Crippen molar-refractivity contribution in [3.8, 4) is 0 Å². The van der Waals surface area contributed by atoms with Crippen molar-refractivity contribution < 1.29 is 15.1 Å². The fraction of sp³-hybridized carbons (Fsp3) is 0.385. The van der Waals surface area contributed by atoms with E-state index in [1.54, 1.807) is 24.3 Å². The Morgan fingerprint density at radius 2 is 1.76 bits per heavy atom. The van der Waals surface area contributed by atoms with Gasteiger partial charge < -0.3 is 10.3 Å². The summed E-state index contributed by atoms with van der Waals surface area (Å²) in [6, 6.07) is 7.03. The van der Waals surface area contributed by atoms with Crippen LogP contribution in [0.4, 0.5) is 0 Å². The molecule has 0 saturated heterocycles. The molecule has 2 N–H and O–H groups in total. The third-order valence-electron chi connectivity index (χ3n) is 2.39. The number of hydrogen-bond acceptors (Lipinski definition) is 3. The molecule has 92 valence electrons. The Morgan fingerprint density at radius 3 is 2.12 bits per heavy atom. The molecule has 0 aromatic heterocycles. The predicted octanol–water partition coefficient (Wildman–Crippen LogP) is 2.54. The summed E-state index contributed by atoms with van der Waals surface area (Å²) >= 11 is 0. The lowest BCUT2D eigenvalue weighted by atomic mass is 9.85. The zero-order valence-corrected chi connectivity index (χ0v) is 10.3. The van der Waals surface area contributed by atoms with Gasteiger partial charge in [0.2, 0.25) is 0 Å². The van der Waals surface area contributed by atoms with Crippen LogP contribution in [0.15, 0.2) is 29.4 Å². The lowest BCUT2D eigenvalue weighted by Crippen LogP contribution is -2.21. The third kappa shape index (κ3) is 3.59. The minimum Gasteiger partial charge on any atom is -0.481 e. The van der Waals surface area contributed by atoms with Crippen molar-refractivity contribution in [2.24, 2.45) is 10.6 Å². The highest BCUT2D eigenvalue weighted by molar-refractivity contribution is 6.03. The van der Waals surface area contributed by atoms with E-state index in [0.717, 1.165) is 11.1 Å². The molecule has 0 aliphatic heterocycles. The number of hydrogen-bond donors (Lipinski definition) is 2. The van der Waals surface area contributed by atoms with Crippen molar-refractivity contribution in [2.45, 2.75) is 27.2 Å². The number of carboxylic acid groups (broad SMARTS) is 1. The van der Waals surface area contributed by atoms with Gasteiger partial charge in [-0.2, -0.15) is 0 Å². The first-order chi connectivity index (χ1) is 7.84. The molecule has 1 aromatic rings. The first-order valence-corrected chi connectivity index (χ1v) is 5.38. The molecule has 1 rings (SSSR count). The highest BCUT2D eigenvalue weighted by atomic mass is 16.4. The average Bonchev–Trinajstić information content (AvgIpc) is 2.18. The minimum absolute atomic E-state index is 0.00139. The molecule has 0 aliphatic carbocycles. The van der Waals surface area contributed by atoms with Crippen molar-refractivity contribution in [1.29, 1.82) is 0 Å². The summed E-state index contributed by atoms with van der Waals surface area (Å²) in [5.74, 6) is -0.857. The van der Waals surface area contributed by atoms with E-state index in [9.17, 15) is 4.79 Å². The number of carbonyl (C=O) groups is 1. The van der Waals surface area contributed by atoms with Crippen LogP contribution in [0, 0.1) is 5.41 Å². The Kier molecular flexibility index (Phi) is 3.89. The lowest BCUT2D eigenvalue weighted by Gasteiger charge is -2.20. The number of aliphatic carboxylic acids is 1. The highest BCUT2D eigenvalue weighted by Crippen LogP contribution is 2.22. The van der Waals surface area contributed by atoms with Gasteiger partial charge in [-0.1, -0.05) is 50.2 Å². The maximum absolute atomic E-state index is 10.5. The summed E-state index contributed by atoms with van der Waals surface area (Å²) in [6.45, 7) is 5.85. The van der Waals surface area contributed by atoms with Crippen LogP contribution in [0.1, 0.15) is 31.9 Å². The molecular formula is C13H17NO3. The third-order valence-corrected chi connectivity index (χ3v) is 2.39. The SMILES string of the molecule is CC(C)(C)/C(=N/O)c1ccc(CC(=O)O)cc1.